The summed E-state index contributed by atoms with van der Waals surface area (Å²) in [6.45, 7) is 8.62. The minimum atomic E-state index is -0.0942. The van der Waals surface area contributed by atoms with Gasteiger partial charge in [0, 0.05) is 12.1 Å². The van der Waals surface area contributed by atoms with Crippen LogP contribution in [-0.2, 0) is 11.2 Å². The Morgan fingerprint density at radius 2 is 1.94 bits per heavy atom. The highest BCUT2D eigenvalue weighted by Gasteiger charge is 2.51. The molecule has 0 radical (unpaired) electrons. The van der Waals surface area contributed by atoms with Gasteiger partial charge in [-0.2, -0.15) is 0 Å². The minimum absolute atomic E-state index is 0.0724. The molecule has 4 atom stereocenters. The maximum Gasteiger partial charge on any atom is 0.228 e. The minimum Gasteiger partial charge on any atom is -0.350 e. The van der Waals surface area contributed by atoms with Crippen LogP contribution in [0.1, 0.15) is 62.1 Å². The Kier molecular flexibility index (Phi) is 6.81. The Morgan fingerprint density at radius 1 is 1.13 bits per heavy atom. The molecule has 2 N–H and O–H groups in total. The van der Waals surface area contributed by atoms with Crippen LogP contribution in [0.3, 0.4) is 0 Å². The Labute approximate surface area is 188 Å². The van der Waals surface area contributed by atoms with Gasteiger partial charge in [-0.05, 0) is 74.5 Å². The average Bonchev–Trinajstić information content (AvgIpc) is 3.33. The third-order valence-corrected chi connectivity index (χ3v) is 7.66. The van der Waals surface area contributed by atoms with E-state index in [-0.39, 0.29) is 23.3 Å². The molecule has 1 amide bonds. The molecule has 1 saturated carbocycles. The predicted molar refractivity (Wildman–Crippen MR) is 128 cm³/mol. The number of carbonyl (C=O) groups excluding carboxylic acids is 1. The largest absolute Gasteiger partial charge is 0.350 e. The first kappa shape index (κ1) is 22.1. The van der Waals surface area contributed by atoms with E-state index in [2.05, 4.69) is 67.8 Å². The van der Waals surface area contributed by atoms with Crippen molar-refractivity contribution in [2.45, 2.75) is 64.3 Å². The van der Waals surface area contributed by atoms with E-state index in [1.165, 1.54) is 17.5 Å². The fourth-order valence-electron chi connectivity index (χ4n) is 6.14. The molecule has 2 fully saturated rings. The molecule has 2 aromatic carbocycles. The van der Waals surface area contributed by atoms with Crippen LogP contribution < -0.4 is 10.6 Å². The third-order valence-electron chi connectivity index (χ3n) is 7.66. The van der Waals surface area contributed by atoms with Gasteiger partial charge in [0.1, 0.15) is 0 Å². The molecule has 1 unspecified atom stereocenters. The lowest BCUT2D eigenvalue weighted by molar-refractivity contribution is -0.126. The van der Waals surface area contributed by atoms with Gasteiger partial charge in [-0.1, -0.05) is 74.0 Å². The lowest BCUT2D eigenvalue weighted by atomic mass is 9.78. The van der Waals surface area contributed by atoms with E-state index in [4.69, 9.17) is 0 Å². The Hall–Kier alpha value is -2.13. The first-order valence-electron chi connectivity index (χ1n) is 12.1. The fraction of sp³-hybridized carbons (Fsp3) is 0.536. The zero-order valence-electron chi connectivity index (χ0n) is 19.4. The van der Waals surface area contributed by atoms with Gasteiger partial charge in [0.25, 0.3) is 0 Å². The molecule has 0 aromatic heterocycles. The second-order valence-electron chi connectivity index (χ2n) is 10.2. The third kappa shape index (κ3) is 4.87. The number of amides is 1. The number of rotatable bonds is 8. The van der Waals surface area contributed by atoms with Crippen molar-refractivity contribution in [3.05, 3.63) is 71.3 Å². The SMILES string of the molecule is Cc1cccc(CCC[C@]2(NC(=O)C(c3ccccc3)C(C)C)CC[C@@H]3CNC[C@@H]32)c1. The summed E-state index contributed by atoms with van der Waals surface area (Å²) in [6.07, 6.45) is 5.60. The van der Waals surface area contributed by atoms with E-state index in [9.17, 15) is 4.79 Å². The van der Waals surface area contributed by atoms with Gasteiger partial charge in [-0.15, -0.1) is 0 Å². The predicted octanol–water partition coefficient (Wildman–Crippen LogP) is 5.24. The van der Waals surface area contributed by atoms with Crippen molar-refractivity contribution < 1.29 is 4.79 Å². The zero-order chi connectivity index (χ0) is 21.8. The summed E-state index contributed by atoms with van der Waals surface area (Å²) in [4.78, 5) is 13.7. The van der Waals surface area contributed by atoms with E-state index in [0.717, 1.165) is 44.3 Å². The first-order chi connectivity index (χ1) is 15.0. The van der Waals surface area contributed by atoms with Crippen LogP contribution in [-0.4, -0.2) is 24.5 Å². The maximum absolute atomic E-state index is 13.7. The summed E-state index contributed by atoms with van der Waals surface area (Å²) in [5.74, 6) is 1.64. The molecule has 4 rings (SSSR count). The van der Waals surface area contributed by atoms with Crippen LogP contribution >= 0.6 is 0 Å². The van der Waals surface area contributed by atoms with E-state index >= 15 is 0 Å². The molecular weight excluding hydrogens is 380 g/mol. The number of aryl methyl sites for hydroxylation is 2. The molecule has 1 aliphatic carbocycles. The summed E-state index contributed by atoms with van der Waals surface area (Å²) in [5, 5.41) is 7.26. The second kappa shape index (κ2) is 9.56. The summed E-state index contributed by atoms with van der Waals surface area (Å²) < 4.78 is 0. The van der Waals surface area contributed by atoms with Crippen molar-refractivity contribution in [1.29, 1.82) is 0 Å². The van der Waals surface area contributed by atoms with Gasteiger partial charge in [0.15, 0.2) is 0 Å². The fourth-order valence-corrected chi connectivity index (χ4v) is 6.14. The topological polar surface area (TPSA) is 41.1 Å². The Balaban J connectivity index is 1.51. The molecule has 0 bridgehead atoms. The molecule has 0 spiro atoms. The number of hydrogen-bond acceptors (Lipinski definition) is 2. The average molecular weight is 419 g/mol. The van der Waals surface area contributed by atoms with E-state index < -0.39 is 0 Å². The van der Waals surface area contributed by atoms with Gasteiger partial charge in [-0.25, -0.2) is 0 Å². The van der Waals surface area contributed by atoms with Crippen molar-refractivity contribution in [3.8, 4) is 0 Å². The lowest BCUT2D eigenvalue weighted by Crippen LogP contribution is -2.54. The number of carbonyl (C=O) groups is 1. The maximum atomic E-state index is 13.7. The summed E-state index contributed by atoms with van der Waals surface area (Å²) in [5.41, 5.74) is 3.79. The van der Waals surface area contributed by atoms with Crippen LogP contribution in [0, 0.1) is 24.7 Å². The van der Waals surface area contributed by atoms with Crippen LogP contribution in [0.4, 0.5) is 0 Å². The van der Waals surface area contributed by atoms with Gasteiger partial charge in [0.2, 0.25) is 5.91 Å². The molecule has 166 valence electrons. The number of nitrogens with one attached hydrogen (secondary N) is 2. The highest BCUT2D eigenvalue weighted by atomic mass is 16.2. The quantitative estimate of drug-likeness (QED) is 0.615. The van der Waals surface area contributed by atoms with Gasteiger partial charge >= 0.3 is 0 Å². The molecule has 2 aliphatic rings. The highest BCUT2D eigenvalue weighted by molar-refractivity contribution is 5.84. The van der Waals surface area contributed by atoms with Crippen molar-refractivity contribution in [3.63, 3.8) is 0 Å². The zero-order valence-corrected chi connectivity index (χ0v) is 19.4. The van der Waals surface area contributed by atoms with Crippen LogP contribution in [0.2, 0.25) is 0 Å². The van der Waals surface area contributed by atoms with Crippen LogP contribution in [0.5, 0.6) is 0 Å². The van der Waals surface area contributed by atoms with Crippen molar-refractivity contribution in [2.75, 3.05) is 13.1 Å². The Morgan fingerprint density at radius 3 is 2.68 bits per heavy atom. The van der Waals surface area contributed by atoms with E-state index in [0.29, 0.717) is 11.8 Å². The van der Waals surface area contributed by atoms with Gasteiger partial charge < -0.3 is 10.6 Å². The monoisotopic (exact) mass is 418 g/mol. The van der Waals surface area contributed by atoms with Gasteiger partial charge in [-0.3, -0.25) is 4.79 Å². The smallest absolute Gasteiger partial charge is 0.228 e. The number of benzene rings is 2. The van der Waals surface area contributed by atoms with Crippen molar-refractivity contribution in [2.24, 2.45) is 17.8 Å². The highest BCUT2D eigenvalue weighted by Crippen LogP contribution is 2.45. The summed E-state index contributed by atoms with van der Waals surface area (Å²) in [6, 6.07) is 19.2. The van der Waals surface area contributed by atoms with Crippen molar-refractivity contribution >= 4 is 5.91 Å². The molecule has 1 saturated heterocycles. The first-order valence-corrected chi connectivity index (χ1v) is 12.1. The van der Waals surface area contributed by atoms with E-state index in [1.807, 2.05) is 18.2 Å². The molecule has 3 heteroatoms. The molecule has 1 heterocycles. The molecular formula is C28H38N2O. The number of fused-ring (bicyclic) bond motifs is 1. The number of hydrogen-bond donors (Lipinski definition) is 2. The molecule has 3 nitrogen and oxygen atoms in total. The normalized spacial score (nSPS) is 26.1. The standard InChI is InChI=1S/C28H38N2O/c1-20(2)26(23-12-5-4-6-13-23)27(31)30-28(16-14-24-18-29-19-25(24)28)15-8-11-22-10-7-9-21(3)17-22/h4-7,9-10,12-13,17,20,24-26,29H,8,11,14-16,18-19H2,1-3H3,(H,30,31)/t24-,25+,26?,28+/m1/s1. The second-order valence-corrected chi connectivity index (χ2v) is 10.2. The van der Waals surface area contributed by atoms with Crippen LogP contribution in [0.25, 0.3) is 0 Å². The molecule has 1 aliphatic heterocycles. The van der Waals surface area contributed by atoms with E-state index in [1.54, 1.807) is 0 Å². The molecule has 31 heavy (non-hydrogen) atoms. The van der Waals surface area contributed by atoms with Crippen LogP contribution in [0.15, 0.2) is 54.6 Å². The molecule has 2 aromatic rings. The summed E-state index contributed by atoms with van der Waals surface area (Å²) in [7, 11) is 0. The summed E-state index contributed by atoms with van der Waals surface area (Å²) >= 11 is 0. The van der Waals surface area contributed by atoms with Gasteiger partial charge in [0.05, 0.1) is 5.92 Å². The lowest BCUT2D eigenvalue weighted by Gasteiger charge is -2.38. The Bertz CT molecular complexity index is 878. The van der Waals surface area contributed by atoms with Crippen molar-refractivity contribution in [1.82, 2.24) is 10.6 Å².